The smallest absolute Gasteiger partial charge is 0.226 e. The van der Waals surface area contributed by atoms with E-state index in [0.29, 0.717) is 36.2 Å². The van der Waals surface area contributed by atoms with Crippen LogP contribution in [-0.4, -0.2) is 23.7 Å². The Morgan fingerprint density at radius 1 is 1.10 bits per heavy atom. The van der Waals surface area contributed by atoms with E-state index in [2.05, 4.69) is 4.98 Å². The number of Topliss-reactive ketones (excluding diaryl/α,β-unsaturated/α-hetero) is 1. The number of rotatable bonds is 7. The lowest BCUT2D eigenvalue weighted by Gasteiger charge is -2.18. The summed E-state index contributed by atoms with van der Waals surface area (Å²) in [6.45, 7) is 3.64. The number of nitrogens with two attached hydrogens (primary N) is 1. The predicted molar refractivity (Wildman–Crippen MR) is 122 cm³/mol. The van der Waals surface area contributed by atoms with Crippen molar-refractivity contribution in [1.29, 1.82) is 0 Å². The molecule has 2 N–H and O–H groups in total. The first-order valence-corrected chi connectivity index (χ1v) is 10.2. The van der Waals surface area contributed by atoms with Crippen LogP contribution in [0.25, 0.3) is 11.1 Å². The Kier molecular flexibility index (Phi) is 6.80. The number of carbonyl (C=O) groups is 2. The third-order valence-corrected chi connectivity index (χ3v) is 5.33. The Bertz CT molecular complexity index is 1110. The summed E-state index contributed by atoms with van der Waals surface area (Å²) in [5.41, 5.74) is 9.83. The largest absolute Gasteiger partial charge is 0.384 e. The highest BCUT2D eigenvalue weighted by atomic mass is 19.1. The van der Waals surface area contributed by atoms with Crippen LogP contribution in [0, 0.1) is 12.7 Å². The van der Waals surface area contributed by atoms with Crippen LogP contribution < -0.4 is 10.6 Å². The van der Waals surface area contributed by atoms with Gasteiger partial charge in [0.15, 0.2) is 5.78 Å². The Labute approximate surface area is 181 Å². The molecular weight excluding hydrogens is 393 g/mol. The van der Waals surface area contributed by atoms with Crippen LogP contribution in [0.5, 0.6) is 0 Å². The molecule has 0 saturated carbocycles. The van der Waals surface area contributed by atoms with Crippen molar-refractivity contribution in [1.82, 2.24) is 4.98 Å². The number of nitrogens with zero attached hydrogens (tertiary/aromatic N) is 2. The topological polar surface area (TPSA) is 76.3 Å². The summed E-state index contributed by atoms with van der Waals surface area (Å²) >= 11 is 0. The Hall–Kier alpha value is -3.54. The van der Waals surface area contributed by atoms with Crippen LogP contribution >= 0.6 is 0 Å². The van der Waals surface area contributed by atoms with Crippen LogP contribution in [0.1, 0.15) is 41.3 Å². The van der Waals surface area contributed by atoms with E-state index in [4.69, 9.17) is 5.73 Å². The van der Waals surface area contributed by atoms with Gasteiger partial charge in [-0.05, 0) is 59.9 Å². The fraction of sp³-hybridized carbons (Fsp3) is 0.240. The number of ketones is 1. The van der Waals surface area contributed by atoms with Crippen molar-refractivity contribution < 1.29 is 14.0 Å². The van der Waals surface area contributed by atoms with E-state index in [1.165, 1.54) is 11.0 Å². The Balaban J connectivity index is 1.75. The molecule has 5 nitrogen and oxygen atoms in total. The van der Waals surface area contributed by atoms with E-state index < -0.39 is 5.82 Å². The number of carbonyl (C=O) groups excluding carboxylic acids is 2. The number of halogens is 1. The van der Waals surface area contributed by atoms with Crippen molar-refractivity contribution in [3.05, 3.63) is 77.2 Å². The maximum Gasteiger partial charge on any atom is 0.226 e. The SMILES string of the molecule is CCC(=O)N(C)c1ccc(-c2ccc(C(=O)CCc3ccc(N)nc3)cc2C)cc1F. The molecule has 0 radical (unpaired) electrons. The zero-order chi connectivity index (χ0) is 22.5. The minimum absolute atomic E-state index is 0.0349. The lowest BCUT2D eigenvalue weighted by Crippen LogP contribution is -2.25. The van der Waals surface area contributed by atoms with Gasteiger partial charge in [0.1, 0.15) is 11.6 Å². The third kappa shape index (κ3) is 5.15. The third-order valence-electron chi connectivity index (χ3n) is 5.33. The number of pyridine rings is 1. The summed E-state index contributed by atoms with van der Waals surface area (Å²) in [6, 6.07) is 13.8. The molecule has 0 aliphatic rings. The summed E-state index contributed by atoms with van der Waals surface area (Å²) in [7, 11) is 1.57. The molecule has 0 saturated heterocycles. The zero-order valence-electron chi connectivity index (χ0n) is 18.0. The molecule has 0 aliphatic heterocycles. The zero-order valence-corrected chi connectivity index (χ0v) is 18.0. The van der Waals surface area contributed by atoms with E-state index in [1.807, 2.05) is 25.1 Å². The van der Waals surface area contributed by atoms with Gasteiger partial charge < -0.3 is 10.6 Å². The van der Waals surface area contributed by atoms with Crippen LogP contribution in [0.2, 0.25) is 0 Å². The van der Waals surface area contributed by atoms with Crippen molar-refractivity contribution in [2.75, 3.05) is 17.7 Å². The molecule has 160 valence electrons. The van der Waals surface area contributed by atoms with Crippen LogP contribution in [0.4, 0.5) is 15.9 Å². The molecule has 1 heterocycles. The number of benzene rings is 2. The molecule has 3 aromatic rings. The lowest BCUT2D eigenvalue weighted by atomic mass is 9.95. The second-order valence-corrected chi connectivity index (χ2v) is 7.52. The predicted octanol–water partition coefficient (Wildman–Crippen LogP) is 4.97. The quantitative estimate of drug-likeness (QED) is 0.549. The van der Waals surface area contributed by atoms with Crippen molar-refractivity contribution >= 4 is 23.2 Å². The van der Waals surface area contributed by atoms with Gasteiger partial charge >= 0.3 is 0 Å². The molecule has 0 unspecified atom stereocenters. The minimum atomic E-state index is -0.460. The fourth-order valence-corrected chi connectivity index (χ4v) is 3.46. The monoisotopic (exact) mass is 419 g/mol. The van der Waals surface area contributed by atoms with Crippen LogP contribution in [0.15, 0.2) is 54.7 Å². The average Bonchev–Trinajstić information content (AvgIpc) is 2.77. The first-order chi connectivity index (χ1) is 14.8. The van der Waals surface area contributed by atoms with Crippen molar-refractivity contribution in [3.63, 3.8) is 0 Å². The van der Waals surface area contributed by atoms with E-state index >= 15 is 0 Å². The van der Waals surface area contributed by atoms with E-state index in [9.17, 15) is 14.0 Å². The normalized spacial score (nSPS) is 10.7. The minimum Gasteiger partial charge on any atom is -0.384 e. The van der Waals surface area contributed by atoms with Crippen LogP contribution in [0.3, 0.4) is 0 Å². The summed E-state index contributed by atoms with van der Waals surface area (Å²) < 4.78 is 14.6. The molecule has 0 atom stereocenters. The van der Waals surface area contributed by atoms with E-state index in [-0.39, 0.29) is 17.4 Å². The first kappa shape index (κ1) is 22.2. The number of aromatic nitrogens is 1. The molecule has 2 aromatic carbocycles. The highest BCUT2D eigenvalue weighted by Crippen LogP contribution is 2.29. The Morgan fingerprint density at radius 3 is 2.48 bits per heavy atom. The van der Waals surface area contributed by atoms with Gasteiger partial charge in [0.25, 0.3) is 0 Å². The maximum atomic E-state index is 14.6. The Morgan fingerprint density at radius 2 is 1.87 bits per heavy atom. The highest BCUT2D eigenvalue weighted by Gasteiger charge is 2.15. The lowest BCUT2D eigenvalue weighted by molar-refractivity contribution is -0.118. The number of amides is 1. The number of hydrogen-bond acceptors (Lipinski definition) is 4. The first-order valence-electron chi connectivity index (χ1n) is 10.2. The van der Waals surface area contributed by atoms with Crippen LogP contribution in [-0.2, 0) is 11.2 Å². The molecule has 0 bridgehead atoms. The summed E-state index contributed by atoms with van der Waals surface area (Å²) in [4.78, 5) is 29.8. The number of anilines is 2. The van der Waals surface area contributed by atoms with E-state index in [1.54, 1.807) is 44.4 Å². The van der Waals surface area contributed by atoms with Gasteiger partial charge in [0, 0.05) is 31.6 Å². The molecule has 1 amide bonds. The van der Waals surface area contributed by atoms with Gasteiger partial charge in [-0.25, -0.2) is 9.37 Å². The highest BCUT2D eigenvalue weighted by molar-refractivity contribution is 5.97. The van der Waals surface area contributed by atoms with Gasteiger partial charge in [0.2, 0.25) is 5.91 Å². The average molecular weight is 420 g/mol. The van der Waals surface area contributed by atoms with Gasteiger partial charge in [-0.2, -0.15) is 0 Å². The summed E-state index contributed by atoms with van der Waals surface area (Å²) in [5.74, 6) is -0.124. The second kappa shape index (κ2) is 9.51. The molecule has 1 aromatic heterocycles. The standard InChI is InChI=1S/C25H26FN3O2/c1-4-25(31)29(3)22-10-8-18(14-21(22)26)20-9-7-19(13-16(20)2)23(30)11-5-17-6-12-24(27)28-15-17/h6-10,12-15H,4-5,11H2,1-3H3,(H2,27,28). The fourth-order valence-electron chi connectivity index (χ4n) is 3.46. The molecule has 6 heteroatoms. The van der Waals surface area contributed by atoms with Gasteiger partial charge in [0.05, 0.1) is 5.69 Å². The second-order valence-electron chi connectivity index (χ2n) is 7.52. The summed E-state index contributed by atoms with van der Waals surface area (Å²) in [6.07, 6.45) is 2.94. The molecule has 0 aliphatic carbocycles. The van der Waals surface area contributed by atoms with Gasteiger partial charge in [-0.3, -0.25) is 9.59 Å². The maximum absolute atomic E-state index is 14.6. The molecule has 31 heavy (non-hydrogen) atoms. The van der Waals surface area contributed by atoms with Gasteiger partial charge in [-0.15, -0.1) is 0 Å². The van der Waals surface area contributed by atoms with Crippen molar-refractivity contribution in [2.45, 2.75) is 33.1 Å². The molecule has 3 rings (SSSR count). The van der Waals surface area contributed by atoms with E-state index in [0.717, 1.165) is 16.7 Å². The molecular formula is C25H26FN3O2. The molecule has 0 spiro atoms. The number of nitrogen functional groups attached to an aromatic ring is 1. The summed E-state index contributed by atoms with van der Waals surface area (Å²) in [5, 5.41) is 0. The van der Waals surface area contributed by atoms with Gasteiger partial charge in [-0.1, -0.05) is 31.2 Å². The van der Waals surface area contributed by atoms with Crippen molar-refractivity contribution in [2.24, 2.45) is 0 Å². The van der Waals surface area contributed by atoms with Crippen molar-refractivity contribution in [3.8, 4) is 11.1 Å². The molecule has 0 fully saturated rings. The number of aryl methyl sites for hydroxylation is 2. The number of hydrogen-bond donors (Lipinski definition) is 1.